The molecule has 3 rings (SSSR count). The number of hydrogen-bond donors (Lipinski definition) is 3. The fourth-order valence-electron chi connectivity index (χ4n) is 2.83. The number of hydrogen-bond acceptors (Lipinski definition) is 3. The summed E-state index contributed by atoms with van der Waals surface area (Å²) in [5.74, 6) is -0.473. The van der Waals surface area contributed by atoms with Gasteiger partial charge in [0.15, 0.2) is 0 Å². The average molecular weight is 240 g/mol. The minimum atomic E-state index is -1.46. The number of benzene rings is 2. The molecule has 18 heavy (non-hydrogen) atoms. The molecule has 2 aromatic carbocycles. The van der Waals surface area contributed by atoms with Gasteiger partial charge in [-0.25, -0.2) is 0 Å². The van der Waals surface area contributed by atoms with Crippen LogP contribution in [0.15, 0.2) is 42.5 Å². The van der Waals surface area contributed by atoms with Gasteiger partial charge in [0.1, 0.15) is 0 Å². The van der Waals surface area contributed by atoms with Crippen LogP contribution in [0.3, 0.4) is 0 Å². The monoisotopic (exact) mass is 240 g/mol. The quantitative estimate of drug-likeness (QED) is 0.693. The third kappa shape index (κ3) is 1.50. The largest absolute Gasteiger partial charge is 0.464 e. The first-order valence-electron chi connectivity index (χ1n) is 5.92. The smallest absolute Gasteiger partial charge is 0.426 e. The summed E-state index contributed by atoms with van der Waals surface area (Å²) in [7, 11) is -1.46. The lowest BCUT2D eigenvalue weighted by Crippen LogP contribution is -2.23. The molecule has 4 heteroatoms. The number of aliphatic hydroxyl groups excluding tert-OH is 1. The van der Waals surface area contributed by atoms with Crippen LogP contribution in [0, 0.1) is 0 Å². The topological polar surface area (TPSA) is 60.7 Å². The van der Waals surface area contributed by atoms with Gasteiger partial charge in [-0.05, 0) is 27.8 Å². The molecule has 2 aromatic rings. The maximum Gasteiger partial charge on any atom is 0.464 e. The third-order valence-corrected chi connectivity index (χ3v) is 3.56. The molecule has 0 aromatic heterocycles. The molecule has 1 unspecified atom stereocenters. The van der Waals surface area contributed by atoms with Crippen molar-refractivity contribution in [2.45, 2.75) is 12.4 Å². The van der Waals surface area contributed by atoms with Crippen LogP contribution in [-0.2, 0) is 6.61 Å². The molecule has 90 valence electrons. The van der Waals surface area contributed by atoms with E-state index in [2.05, 4.69) is 0 Å². The van der Waals surface area contributed by atoms with Gasteiger partial charge in [-0.1, -0.05) is 42.5 Å². The van der Waals surface area contributed by atoms with Gasteiger partial charge in [-0.2, -0.15) is 0 Å². The maximum absolute atomic E-state index is 9.64. The molecule has 0 fully saturated rings. The average Bonchev–Trinajstić information content (AvgIpc) is 2.73. The van der Waals surface area contributed by atoms with E-state index >= 15 is 0 Å². The predicted octanol–water partition coefficient (Wildman–Crippen LogP) is 1.30. The molecule has 3 nitrogen and oxygen atoms in total. The van der Waals surface area contributed by atoms with E-state index in [-0.39, 0.29) is 6.61 Å². The van der Waals surface area contributed by atoms with Crippen LogP contribution in [0.2, 0.25) is 0 Å². The zero-order valence-corrected chi connectivity index (χ0v) is 9.74. The van der Waals surface area contributed by atoms with E-state index in [4.69, 9.17) is 0 Å². The summed E-state index contributed by atoms with van der Waals surface area (Å²) in [6.45, 7) is -0.0968. The van der Waals surface area contributed by atoms with Crippen LogP contribution in [-0.4, -0.2) is 22.3 Å². The van der Waals surface area contributed by atoms with Crippen molar-refractivity contribution in [1.82, 2.24) is 0 Å². The van der Waals surface area contributed by atoms with Crippen LogP contribution < -0.4 is 0 Å². The highest BCUT2D eigenvalue weighted by atomic mass is 16.4. The van der Waals surface area contributed by atoms with Crippen molar-refractivity contribution in [3.8, 4) is 11.1 Å². The molecule has 3 N–H and O–H groups in total. The van der Waals surface area contributed by atoms with Gasteiger partial charge in [0.25, 0.3) is 0 Å². The molecular formula is C14H13BO3. The number of rotatable bonds is 2. The molecule has 0 bridgehead atoms. The van der Waals surface area contributed by atoms with Crippen LogP contribution in [0.5, 0.6) is 0 Å². The number of aliphatic hydroxyl groups is 1. The highest BCUT2D eigenvalue weighted by Gasteiger charge is 2.37. The van der Waals surface area contributed by atoms with E-state index in [0.29, 0.717) is 0 Å². The van der Waals surface area contributed by atoms with Gasteiger partial charge in [0, 0.05) is 5.82 Å². The molecule has 1 aliphatic rings. The van der Waals surface area contributed by atoms with E-state index in [0.717, 1.165) is 27.8 Å². The second kappa shape index (κ2) is 4.25. The Morgan fingerprint density at radius 2 is 1.67 bits per heavy atom. The third-order valence-electron chi connectivity index (χ3n) is 3.56. The van der Waals surface area contributed by atoms with Crippen molar-refractivity contribution in [3.05, 3.63) is 59.2 Å². The zero-order chi connectivity index (χ0) is 12.7. The van der Waals surface area contributed by atoms with Crippen LogP contribution in [0.4, 0.5) is 0 Å². The first-order valence-corrected chi connectivity index (χ1v) is 5.92. The van der Waals surface area contributed by atoms with Crippen molar-refractivity contribution < 1.29 is 15.2 Å². The minimum absolute atomic E-state index is 0.0968. The molecule has 0 spiro atoms. The first-order chi connectivity index (χ1) is 8.74. The van der Waals surface area contributed by atoms with Gasteiger partial charge in [-0.3, -0.25) is 0 Å². The Kier molecular flexibility index (Phi) is 2.71. The van der Waals surface area contributed by atoms with Gasteiger partial charge < -0.3 is 15.2 Å². The molecule has 0 radical (unpaired) electrons. The Balaban J connectivity index is 2.31. The summed E-state index contributed by atoms with van der Waals surface area (Å²) in [4.78, 5) is 0. The Hall–Kier alpha value is -1.62. The van der Waals surface area contributed by atoms with Crippen molar-refractivity contribution in [2.24, 2.45) is 0 Å². The fourth-order valence-corrected chi connectivity index (χ4v) is 2.83. The summed E-state index contributed by atoms with van der Waals surface area (Å²) in [5.41, 5.74) is 4.48. The molecule has 0 heterocycles. The molecular weight excluding hydrogens is 227 g/mol. The Labute approximate surface area is 105 Å². The van der Waals surface area contributed by atoms with Crippen LogP contribution in [0.1, 0.15) is 22.5 Å². The summed E-state index contributed by atoms with van der Waals surface area (Å²) in [6, 6.07) is 13.3. The Morgan fingerprint density at radius 1 is 0.944 bits per heavy atom. The zero-order valence-electron chi connectivity index (χ0n) is 9.74. The maximum atomic E-state index is 9.64. The van der Waals surface area contributed by atoms with Gasteiger partial charge in [0.05, 0.1) is 6.61 Å². The van der Waals surface area contributed by atoms with E-state index in [1.165, 1.54) is 0 Å². The van der Waals surface area contributed by atoms with Crippen LogP contribution >= 0.6 is 0 Å². The van der Waals surface area contributed by atoms with Gasteiger partial charge in [0.2, 0.25) is 0 Å². The van der Waals surface area contributed by atoms with E-state index < -0.39 is 12.9 Å². The fraction of sp³-hybridized carbons (Fsp3) is 0.143. The molecule has 1 atom stereocenters. The Bertz CT molecular complexity index is 595. The summed E-state index contributed by atoms with van der Waals surface area (Å²) >= 11 is 0. The van der Waals surface area contributed by atoms with Crippen molar-refractivity contribution in [3.63, 3.8) is 0 Å². The number of fused-ring (bicyclic) bond motifs is 3. The first kappa shape index (κ1) is 11.5. The molecule has 0 amide bonds. The minimum Gasteiger partial charge on any atom is -0.426 e. The summed E-state index contributed by atoms with van der Waals surface area (Å²) in [6.07, 6.45) is 0. The van der Waals surface area contributed by atoms with Gasteiger partial charge >= 0.3 is 7.12 Å². The lowest BCUT2D eigenvalue weighted by molar-refractivity contribution is 0.280. The van der Waals surface area contributed by atoms with Crippen molar-refractivity contribution in [1.29, 1.82) is 0 Å². The van der Waals surface area contributed by atoms with E-state index in [1.54, 1.807) is 0 Å². The SMILES string of the molecule is OCc1cccc2c1C(B(O)O)c1ccccc1-2. The van der Waals surface area contributed by atoms with E-state index in [1.807, 2.05) is 42.5 Å². The Morgan fingerprint density at radius 3 is 2.39 bits per heavy atom. The lowest BCUT2D eigenvalue weighted by Gasteiger charge is -2.14. The predicted molar refractivity (Wildman–Crippen MR) is 69.8 cm³/mol. The molecule has 0 aliphatic heterocycles. The second-order valence-corrected chi connectivity index (χ2v) is 4.52. The van der Waals surface area contributed by atoms with E-state index in [9.17, 15) is 15.2 Å². The summed E-state index contributed by atoms with van der Waals surface area (Å²) < 4.78 is 0. The standard InChI is InChI=1S/C14H13BO3/c16-8-9-4-3-7-11-10-5-1-2-6-12(10)14(13(9)11)15(17)18/h1-7,14,16-18H,8H2. The van der Waals surface area contributed by atoms with Gasteiger partial charge in [-0.15, -0.1) is 0 Å². The summed E-state index contributed by atoms with van der Waals surface area (Å²) in [5, 5.41) is 28.7. The second-order valence-electron chi connectivity index (χ2n) is 4.52. The molecule has 1 aliphatic carbocycles. The molecule has 0 saturated carbocycles. The highest BCUT2D eigenvalue weighted by molar-refractivity contribution is 6.45. The lowest BCUT2D eigenvalue weighted by atomic mass is 9.66. The molecule has 0 saturated heterocycles. The van der Waals surface area contributed by atoms with Crippen molar-refractivity contribution in [2.75, 3.05) is 0 Å². The highest BCUT2D eigenvalue weighted by Crippen LogP contribution is 2.46. The van der Waals surface area contributed by atoms with Crippen molar-refractivity contribution >= 4 is 7.12 Å². The normalized spacial score (nSPS) is 16.3. The van der Waals surface area contributed by atoms with Crippen LogP contribution in [0.25, 0.3) is 11.1 Å².